The lowest BCUT2D eigenvalue weighted by Crippen LogP contribution is -2.48. The van der Waals surface area contributed by atoms with Crippen molar-refractivity contribution in [3.63, 3.8) is 0 Å². The van der Waals surface area contributed by atoms with Crippen LogP contribution in [0.2, 0.25) is 0 Å². The van der Waals surface area contributed by atoms with Crippen molar-refractivity contribution in [1.29, 1.82) is 0 Å². The number of nitrogens with one attached hydrogen (secondary N) is 3. The van der Waals surface area contributed by atoms with Gasteiger partial charge in [0.1, 0.15) is 6.61 Å². The predicted molar refractivity (Wildman–Crippen MR) is 142 cm³/mol. The molecule has 6 rings (SSSR count). The zero-order chi connectivity index (χ0) is 25.2. The van der Waals surface area contributed by atoms with Gasteiger partial charge in [0.2, 0.25) is 0 Å². The summed E-state index contributed by atoms with van der Waals surface area (Å²) in [7, 11) is 0. The Morgan fingerprint density at radius 1 is 0.649 bits per heavy atom. The van der Waals surface area contributed by atoms with Crippen molar-refractivity contribution < 1.29 is 14.3 Å². The van der Waals surface area contributed by atoms with Gasteiger partial charge in [-0.15, -0.1) is 0 Å². The van der Waals surface area contributed by atoms with Crippen molar-refractivity contribution in [2.24, 2.45) is 0 Å². The highest BCUT2D eigenvalue weighted by Crippen LogP contribution is 2.44. The van der Waals surface area contributed by atoms with Crippen LogP contribution in [0.3, 0.4) is 0 Å². The number of fused-ring (bicyclic) bond motifs is 5. The first-order valence-electron chi connectivity index (χ1n) is 12.5. The summed E-state index contributed by atoms with van der Waals surface area (Å²) in [5, 5.41) is 3.03. The van der Waals surface area contributed by atoms with Gasteiger partial charge >= 0.3 is 12.1 Å². The first-order valence-corrected chi connectivity index (χ1v) is 12.5. The normalized spacial score (nSPS) is 13.8. The number of carbonyl (C=O) groups excluding carboxylic acids is 2. The van der Waals surface area contributed by atoms with Gasteiger partial charge in [-0.3, -0.25) is 0 Å². The van der Waals surface area contributed by atoms with Crippen molar-refractivity contribution in [1.82, 2.24) is 16.2 Å². The Kier molecular flexibility index (Phi) is 6.06. The molecule has 3 amide bonds. The number of rotatable bonds is 3. The largest absolute Gasteiger partial charge is 0.447 e. The average Bonchev–Trinajstić information content (AvgIpc) is 3.17. The summed E-state index contributed by atoms with van der Waals surface area (Å²) in [4.78, 5) is 25.3. The molecule has 0 spiro atoms. The Morgan fingerprint density at radius 2 is 1.14 bits per heavy atom. The molecule has 2 aliphatic carbocycles. The van der Waals surface area contributed by atoms with Gasteiger partial charge in [0.25, 0.3) is 0 Å². The maximum atomic E-state index is 12.8. The first-order chi connectivity index (χ1) is 18.2. The first kappa shape index (κ1) is 22.9. The van der Waals surface area contributed by atoms with Crippen molar-refractivity contribution in [2.75, 3.05) is 6.61 Å². The Balaban J connectivity index is 1.10. The Labute approximate surface area is 215 Å². The van der Waals surface area contributed by atoms with E-state index in [1.165, 1.54) is 11.1 Å². The molecule has 0 radical (unpaired) electrons. The fourth-order valence-electron chi connectivity index (χ4n) is 5.59. The standard InChI is InChI=1S/C31H27N3O3/c35-30(32-29-22-11-3-1-9-20(22)17-18-21-10-2-4-12-23(21)29)33-34-31(36)37-19-28-26-15-7-5-13-24(26)25-14-6-8-16-27(25)28/h1-16,28-29H,17-19H2,(H,34,36)(H2,32,33,35). The molecule has 0 aliphatic heterocycles. The number of carbonyl (C=O) groups is 2. The van der Waals surface area contributed by atoms with E-state index in [-0.39, 0.29) is 18.6 Å². The number of benzene rings is 4. The van der Waals surface area contributed by atoms with Gasteiger partial charge in [0, 0.05) is 5.92 Å². The molecule has 2 aliphatic rings. The van der Waals surface area contributed by atoms with Crippen LogP contribution in [-0.4, -0.2) is 18.7 Å². The fourth-order valence-corrected chi connectivity index (χ4v) is 5.59. The molecular formula is C31H27N3O3. The summed E-state index contributed by atoms with van der Waals surface area (Å²) in [6.45, 7) is 0.173. The zero-order valence-electron chi connectivity index (χ0n) is 20.2. The fraction of sp³-hybridized carbons (Fsp3) is 0.161. The van der Waals surface area contributed by atoms with Crippen LogP contribution in [0, 0.1) is 0 Å². The lowest BCUT2D eigenvalue weighted by Gasteiger charge is -2.22. The highest BCUT2D eigenvalue weighted by molar-refractivity contribution is 5.80. The van der Waals surface area contributed by atoms with Crippen LogP contribution >= 0.6 is 0 Å². The van der Waals surface area contributed by atoms with E-state index in [0.717, 1.165) is 46.2 Å². The van der Waals surface area contributed by atoms with Gasteiger partial charge in [0.05, 0.1) is 6.04 Å². The number of hydrazine groups is 1. The van der Waals surface area contributed by atoms with E-state index >= 15 is 0 Å². The van der Waals surface area contributed by atoms with Crippen LogP contribution < -0.4 is 16.2 Å². The molecule has 0 heterocycles. The van der Waals surface area contributed by atoms with E-state index in [1.807, 2.05) is 60.7 Å². The predicted octanol–water partition coefficient (Wildman–Crippen LogP) is 5.63. The highest BCUT2D eigenvalue weighted by atomic mass is 16.6. The van der Waals surface area contributed by atoms with Gasteiger partial charge in [0.15, 0.2) is 0 Å². The number of urea groups is 1. The smallest absolute Gasteiger partial charge is 0.426 e. The van der Waals surface area contributed by atoms with Gasteiger partial charge in [-0.25, -0.2) is 20.4 Å². The summed E-state index contributed by atoms with van der Waals surface area (Å²) in [5.41, 5.74) is 13.9. The molecule has 0 saturated carbocycles. The number of ether oxygens (including phenoxy) is 1. The van der Waals surface area contributed by atoms with Crippen LogP contribution in [0.25, 0.3) is 11.1 Å². The molecule has 0 unspecified atom stereocenters. The Bertz CT molecular complexity index is 1390. The number of amides is 3. The van der Waals surface area contributed by atoms with E-state index in [9.17, 15) is 9.59 Å². The minimum atomic E-state index is -0.710. The van der Waals surface area contributed by atoms with E-state index in [2.05, 4.69) is 52.6 Å². The van der Waals surface area contributed by atoms with E-state index < -0.39 is 12.1 Å². The maximum absolute atomic E-state index is 12.8. The summed E-state index contributed by atoms with van der Waals surface area (Å²) in [5.74, 6) is -0.0500. The summed E-state index contributed by atoms with van der Waals surface area (Å²) >= 11 is 0. The molecule has 4 aromatic rings. The molecule has 0 fully saturated rings. The zero-order valence-corrected chi connectivity index (χ0v) is 20.2. The van der Waals surface area contributed by atoms with Crippen LogP contribution in [0.1, 0.15) is 45.3 Å². The Hall–Kier alpha value is -4.58. The number of hydrogen-bond acceptors (Lipinski definition) is 3. The molecule has 3 N–H and O–H groups in total. The van der Waals surface area contributed by atoms with Crippen LogP contribution in [0.15, 0.2) is 97.1 Å². The van der Waals surface area contributed by atoms with Crippen molar-refractivity contribution >= 4 is 12.1 Å². The summed E-state index contributed by atoms with van der Waals surface area (Å²) < 4.78 is 5.52. The van der Waals surface area contributed by atoms with E-state index in [0.29, 0.717) is 0 Å². The van der Waals surface area contributed by atoms with Crippen LogP contribution in [0.5, 0.6) is 0 Å². The quantitative estimate of drug-likeness (QED) is 0.327. The molecule has 6 nitrogen and oxygen atoms in total. The lowest BCUT2D eigenvalue weighted by molar-refractivity contribution is 0.138. The second-order valence-corrected chi connectivity index (χ2v) is 9.38. The Morgan fingerprint density at radius 3 is 1.70 bits per heavy atom. The van der Waals surface area contributed by atoms with Crippen LogP contribution in [0.4, 0.5) is 9.59 Å². The maximum Gasteiger partial charge on any atom is 0.426 e. The second-order valence-electron chi connectivity index (χ2n) is 9.38. The molecule has 37 heavy (non-hydrogen) atoms. The molecule has 0 aromatic heterocycles. The number of aryl methyl sites for hydroxylation is 2. The third-order valence-electron chi connectivity index (χ3n) is 7.29. The second kappa shape index (κ2) is 9.82. The topological polar surface area (TPSA) is 79.5 Å². The van der Waals surface area contributed by atoms with Gasteiger partial charge < -0.3 is 10.1 Å². The summed E-state index contributed by atoms with van der Waals surface area (Å²) in [6, 6.07) is 31.8. The van der Waals surface area contributed by atoms with Crippen molar-refractivity contribution in [2.45, 2.75) is 24.8 Å². The number of hydrogen-bond donors (Lipinski definition) is 3. The molecule has 6 heteroatoms. The molecular weight excluding hydrogens is 462 g/mol. The van der Waals surface area contributed by atoms with E-state index in [4.69, 9.17) is 4.74 Å². The third kappa shape index (κ3) is 4.42. The molecule has 0 atom stereocenters. The van der Waals surface area contributed by atoms with Crippen LogP contribution in [-0.2, 0) is 17.6 Å². The SMILES string of the molecule is O=C(NNC(=O)OCC1c2ccccc2-c2ccccc21)NC1c2ccccc2CCc2ccccc21. The third-order valence-corrected chi connectivity index (χ3v) is 7.29. The lowest BCUT2D eigenvalue weighted by atomic mass is 9.95. The minimum Gasteiger partial charge on any atom is -0.447 e. The highest BCUT2D eigenvalue weighted by Gasteiger charge is 2.29. The summed E-state index contributed by atoms with van der Waals surface area (Å²) in [6.07, 6.45) is 1.11. The average molecular weight is 490 g/mol. The molecule has 0 saturated heterocycles. The van der Waals surface area contributed by atoms with Gasteiger partial charge in [-0.2, -0.15) is 0 Å². The molecule has 184 valence electrons. The minimum absolute atomic E-state index is 0.0500. The van der Waals surface area contributed by atoms with Gasteiger partial charge in [-0.1, -0.05) is 97.1 Å². The molecule has 0 bridgehead atoms. The molecule has 4 aromatic carbocycles. The van der Waals surface area contributed by atoms with Crippen molar-refractivity contribution in [3.8, 4) is 11.1 Å². The monoisotopic (exact) mass is 489 g/mol. The van der Waals surface area contributed by atoms with E-state index in [1.54, 1.807) is 0 Å². The van der Waals surface area contributed by atoms with Gasteiger partial charge in [-0.05, 0) is 57.3 Å². The van der Waals surface area contributed by atoms with Crippen molar-refractivity contribution in [3.05, 3.63) is 130 Å².